The van der Waals surface area contributed by atoms with Gasteiger partial charge in [-0.15, -0.1) is 11.3 Å². The number of aromatic nitrogens is 1. The fraction of sp³-hybridized carbons (Fsp3) is 0.227. The lowest BCUT2D eigenvalue weighted by atomic mass is 10.1. The Morgan fingerprint density at radius 2 is 1.93 bits per heavy atom. The number of aliphatic carboxylic acids is 1. The molecule has 2 aromatic carbocycles. The van der Waals surface area contributed by atoms with E-state index in [0.29, 0.717) is 27.6 Å². The van der Waals surface area contributed by atoms with Crippen LogP contribution in [0, 0.1) is 0 Å². The van der Waals surface area contributed by atoms with E-state index in [9.17, 15) is 13.2 Å². The van der Waals surface area contributed by atoms with Crippen molar-refractivity contribution in [1.29, 1.82) is 0 Å². The number of thiophene rings is 1. The second-order valence-corrected chi connectivity index (χ2v) is 9.99. The van der Waals surface area contributed by atoms with Crippen molar-refractivity contribution >= 4 is 48.3 Å². The minimum absolute atomic E-state index is 0.0343. The largest absolute Gasteiger partial charge is 0.491 e. The standard InChI is InChI=1S/C22H21NO5S2/c1-14(2)28-16-8-9-19-18(11-16)15(7-10-22(24)25)12-23(19)30(26,27)21-13-29-20-6-4-3-5-17(20)21/h3-6,8-9,11-14H,7,10H2,1-2H3,(H,24,25). The van der Waals surface area contributed by atoms with Gasteiger partial charge in [0.15, 0.2) is 0 Å². The lowest BCUT2D eigenvalue weighted by Crippen LogP contribution is -2.11. The molecule has 156 valence electrons. The van der Waals surface area contributed by atoms with Gasteiger partial charge < -0.3 is 9.84 Å². The van der Waals surface area contributed by atoms with Crippen LogP contribution < -0.4 is 4.74 Å². The van der Waals surface area contributed by atoms with Crippen molar-refractivity contribution < 1.29 is 23.1 Å². The second kappa shape index (κ2) is 7.77. The molecular formula is C22H21NO5S2. The minimum Gasteiger partial charge on any atom is -0.491 e. The maximum Gasteiger partial charge on any atom is 0.303 e. The summed E-state index contributed by atoms with van der Waals surface area (Å²) in [6.07, 6.45) is 1.64. The normalized spacial score (nSPS) is 12.1. The molecule has 0 saturated heterocycles. The molecule has 6 nitrogen and oxygen atoms in total. The fourth-order valence-electron chi connectivity index (χ4n) is 3.49. The Bertz CT molecular complexity index is 1350. The molecule has 0 aliphatic rings. The van der Waals surface area contributed by atoms with Crippen molar-refractivity contribution in [1.82, 2.24) is 3.97 Å². The van der Waals surface area contributed by atoms with Crippen LogP contribution in [0.4, 0.5) is 0 Å². The minimum atomic E-state index is -3.86. The van der Waals surface area contributed by atoms with Crippen LogP contribution in [0.3, 0.4) is 0 Å². The van der Waals surface area contributed by atoms with Gasteiger partial charge in [0.1, 0.15) is 10.6 Å². The number of carboxylic acids is 1. The summed E-state index contributed by atoms with van der Waals surface area (Å²) in [5, 5.41) is 12.1. The smallest absolute Gasteiger partial charge is 0.303 e. The topological polar surface area (TPSA) is 85.6 Å². The quantitative estimate of drug-likeness (QED) is 0.439. The van der Waals surface area contributed by atoms with Gasteiger partial charge in [-0.2, -0.15) is 0 Å². The van der Waals surface area contributed by atoms with Gasteiger partial charge in [0.25, 0.3) is 10.0 Å². The first-order valence-corrected chi connectivity index (χ1v) is 11.8. The number of benzene rings is 2. The first-order chi connectivity index (χ1) is 14.3. The van der Waals surface area contributed by atoms with E-state index in [1.165, 1.54) is 21.5 Å². The maximum absolute atomic E-state index is 13.6. The van der Waals surface area contributed by atoms with Gasteiger partial charge in [0.2, 0.25) is 0 Å². The molecule has 4 aromatic rings. The number of carbonyl (C=O) groups is 1. The molecule has 0 aliphatic heterocycles. The summed E-state index contributed by atoms with van der Waals surface area (Å²) in [6.45, 7) is 3.82. The van der Waals surface area contributed by atoms with Crippen LogP contribution in [0.2, 0.25) is 0 Å². The monoisotopic (exact) mass is 443 g/mol. The van der Waals surface area contributed by atoms with E-state index < -0.39 is 16.0 Å². The molecule has 0 fully saturated rings. The summed E-state index contributed by atoms with van der Waals surface area (Å²) in [6, 6.07) is 12.6. The van der Waals surface area contributed by atoms with Crippen molar-refractivity contribution in [3.05, 3.63) is 59.6 Å². The van der Waals surface area contributed by atoms with Crippen molar-refractivity contribution in [2.24, 2.45) is 0 Å². The van der Waals surface area contributed by atoms with Gasteiger partial charge in [0.05, 0.1) is 11.6 Å². The summed E-state index contributed by atoms with van der Waals surface area (Å²) in [7, 11) is -3.86. The van der Waals surface area contributed by atoms with E-state index in [0.717, 1.165) is 4.70 Å². The van der Waals surface area contributed by atoms with Crippen LogP contribution in [-0.4, -0.2) is 29.6 Å². The molecule has 30 heavy (non-hydrogen) atoms. The van der Waals surface area contributed by atoms with E-state index in [4.69, 9.17) is 9.84 Å². The molecule has 0 amide bonds. The lowest BCUT2D eigenvalue weighted by molar-refractivity contribution is -0.136. The highest BCUT2D eigenvalue weighted by molar-refractivity contribution is 7.90. The third kappa shape index (κ3) is 3.68. The summed E-state index contributed by atoms with van der Waals surface area (Å²) >= 11 is 1.38. The second-order valence-electron chi connectivity index (χ2n) is 7.29. The van der Waals surface area contributed by atoms with Crippen LogP contribution in [0.5, 0.6) is 5.75 Å². The predicted molar refractivity (Wildman–Crippen MR) is 118 cm³/mol. The van der Waals surface area contributed by atoms with Gasteiger partial charge in [0, 0.05) is 33.5 Å². The van der Waals surface area contributed by atoms with Crippen molar-refractivity contribution in [2.45, 2.75) is 37.7 Å². The average molecular weight is 444 g/mol. The molecule has 4 rings (SSSR count). The lowest BCUT2D eigenvalue weighted by Gasteiger charge is -2.11. The molecule has 0 spiro atoms. The van der Waals surface area contributed by atoms with Crippen molar-refractivity contribution in [2.75, 3.05) is 0 Å². The highest BCUT2D eigenvalue weighted by Gasteiger charge is 2.25. The van der Waals surface area contributed by atoms with E-state index in [-0.39, 0.29) is 23.8 Å². The molecular weight excluding hydrogens is 422 g/mol. The Morgan fingerprint density at radius 1 is 1.17 bits per heavy atom. The number of nitrogens with zero attached hydrogens (tertiary/aromatic N) is 1. The van der Waals surface area contributed by atoms with Crippen molar-refractivity contribution in [3.63, 3.8) is 0 Å². The zero-order valence-corrected chi connectivity index (χ0v) is 18.2. The van der Waals surface area contributed by atoms with E-state index in [1.807, 2.05) is 32.0 Å². The summed E-state index contributed by atoms with van der Waals surface area (Å²) in [5.74, 6) is -0.317. The maximum atomic E-state index is 13.6. The summed E-state index contributed by atoms with van der Waals surface area (Å²) in [5.41, 5.74) is 1.16. The van der Waals surface area contributed by atoms with E-state index in [1.54, 1.807) is 29.6 Å². The average Bonchev–Trinajstić information content (AvgIpc) is 3.28. The van der Waals surface area contributed by atoms with Crippen LogP contribution in [0.25, 0.3) is 21.0 Å². The van der Waals surface area contributed by atoms with Gasteiger partial charge in [-0.1, -0.05) is 18.2 Å². The SMILES string of the molecule is CC(C)Oc1ccc2c(c1)c(CCC(=O)O)cn2S(=O)(=O)c1csc2ccccc12. The third-order valence-corrected chi connectivity index (χ3v) is 7.61. The molecule has 0 bridgehead atoms. The molecule has 2 aromatic heterocycles. The highest BCUT2D eigenvalue weighted by Crippen LogP contribution is 2.34. The van der Waals surface area contributed by atoms with E-state index >= 15 is 0 Å². The molecule has 8 heteroatoms. The Morgan fingerprint density at radius 3 is 2.67 bits per heavy atom. The highest BCUT2D eigenvalue weighted by atomic mass is 32.2. The summed E-state index contributed by atoms with van der Waals surface area (Å²) < 4.78 is 35.0. The van der Waals surface area contributed by atoms with Gasteiger partial charge in [-0.05, 0) is 50.1 Å². The van der Waals surface area contributed by atoms with Gasteiger partial charge >= 0.3 is 5.97 Å². The molecule has 0 radical (unpaired) electrons. The molecule has 1 N–H and O–H groups in total. The van der Waals surface area contributed by atoms with Crippen LogP contribution in [0.1, 0.15) is 25.8 Å². The number of carboxylic acid groups (broad SMARTS) is 1. The zero-order chi connectivity index (χ0) is 21.5. The number of hydrogen-bond acceptors (Lipinski definition) is 5. The van der Waals surface area contributed by atoms with Crippen molar-refractivity contribution in [3.8, 4) is 5.75 Å². The number of ether oxygens (including phenoxy) is 1. The van der Waals surface area contributed by atoms with E-state index in [2.05, 4.69) is 0 Å². The molecule has 0 unspecified atom stereocenters. The summed E-state index contributed by atoms with van der Waals surface area (Å²) in [4.78, 5) is 11.4. The Kier molecular flexibility index (Phi) is 5.29. The number of aryl methyl sites for hydroxylation is 1. The molecule has 0 saturated carbocycles. The van der Waals surface area contributed by atoms with Crippen LogP contribution >= 0.6 is 11.3 Å². The first kappa shape index (κ1) is 20.4. The Labute approximate surface area is 178 Å². The van der Waals surface area contributed by atoms with Crippen LogP contribution in [-0.2, 0) is 21.2 Å². The molecule has 2 heterocycles. The Hall–Kier alpha value is -2.84. The third-order valence-electron chi connectivity index (χ3n) is 4.79. The van der Waals surface area contributed by atoms with Gasteiger partial charge in [-0.3, -0.25) is 4.79 Å². The van der Waals surface area contributed by atoms with Gasteiger partial charge in [-0.25, -0.2) is 12.4 Å². The molecule has 0 atom stereocenters. The number of rotatable bonds is 7. The molecule has 0 aliphatic carbocycles. The predicted octanol–water partition coefficient (Wildman–Crippen LogP) is 4.90. The number of hydrogen-bond donors (Lipinski definition) is 1. The van der Waals surface area contributed by atoms with Crippen LogP contribution in [0.15, 0.2) is 58.9 Å². The fourth-order valence-corrected chi connectivity index (χ4v) is 6.36. The Balaban J connectivity index is 1.90. The number of fused-ring (bicyclic) bond motifs is 2. The first-order valence-electron chi connectivity index (χ1n) is 9.51. The zero-order valence-electron chi connectivity index (χ0n) is 16.5.